The molecule has 2 aliphatic rings. The minimum Gasteiger partial charge on any atom is -0.364 e. The molecule has 2 aliphatic heterocycles. The minimum atomic E-state index is -0.299. The summed E-state index contributed by atoms with van der Waals surface area (Å²) >= 11 is 0. The van der Waals surface area contributed by atoms with Crippen LogP contribution in [0.2, 0.25) is 0 Å². The predicted molar refractivity (Wildman–Crippen MR) is 70.2 cm³/mol. The van der Waals surface area contributed by atoms with Gasteiger partial charge >= 0.3 is 5.69 Å². The highest BCUT2D eigenvalue weighted by atomic mass is 16.2. The van der Waals surface area contributed by atoms with Gasteiger partial charge in [0, 0.05) is 18.6 Å². The molecule has 7 heteroatoms. The van der Waals surface area contributed by atoms with Gasteiger partial charge in [-0.1, -0.05) is 0 Å². The van der Waals surface area contributed by atoms with Crippen molar-refractivity contribution in [3.05, 3.63) is 22.6 Å². The lowest BCUT2D eigenvalue weighted by atomic mass is 10.1. The largest absolute Gasteiger partial charge is 0.364 e. The van der Waals surface area contributed by atoms with Crippen LogP contribution < -0.4 is 11.0 Å². The molecule has 2 aromatic heterocycles. The smallest absolute Gasteiger partial charge is 0.364 e. The van der Waals surface area contributed by atoms with Gasteiger partial charge in [-0.05, 0) is 37.9 Å². The zero-order valence-electron chi connectivity index (χ0n) is 10.5. The molecule has 0 aliphatic carbocycles. The molecule has 2 aromatic rings. The first-order chi connectivity index (χ1) is 9.31. The molecule has 0 aromatic carbocycles. The number of anilines is 1. The molecule has 2 N–H and O–H groups in total. The van der Waals surface area contributed by atoms with E-state index in [9.17, 15) is 4.79 Å². The Morgan fingerprint density at radius 2 is 2.26 bits per heavy atom. The lowest BCUT2D eigenvalue weighted by molar-refractivity contribution is 0.318. The molecular formula is C12H16N6O. The molecular weight excluding hydrogens is 244 g/mol. The van der Waals surface area contributed by atoms with Crippen LogP contribution in [0.15, 0.2) is 16.9 Å². The number of rotatable bonds is 2. The third kappa shape index (κ3) is 1.73. The van der Waals surface area contributed by atoms with Gasteiger partial charge in [0.2, 0.25) is 0 Å². The topological polar surface area (TPSA) is 78.3 Å². The molecule has 2 atom stereocenters. The van der Waals surface area contributed by atoms with E-state index in [-0.39, 0.29) is 5.69 Å². The van der Waals surface area contributed by atoms with Crippen molar-refractivity contribution in [2.24, 2.45) is 0 Å². The van der Waals surface area contributed by atoms with Crippen LogP contribution in [0, 0.1) is 0 Å². The van der Waals surface area contributed by atoms with Gasteiger partial charge in [-0.2, -0.15) is 9.61 Å². The van der Waals surface area contributed by atoms with E-state index in [2.05, 4.69) is 25.5 Å². The van der Waals surface area contributed by atoms with Crippen LogP contribution in [0.3, 0.4) is 0 Å². The first kappa shape index (κ1) is 11.0. The Kier molecular flexibility index (Phi) is 2.34. The number of nitrogens with zero attached hydrogens (tertiary/aromatic N) is 4. The van der Waals surface area contributed by atoms with E-state index in [1.165, 1.54) is 23.9 Å². The fourth-order valence-electron chi connectivity index (χ4n) is 3.32. The van der Waals surface area contributed by atoms with E-state index in [0.717, 1.165) is 18.8 Å². The molecule has 4 heterocycles. The molecule has 2 saturated heterocycles. The Morgan fingerprint density at radius 1 is 1.32 bits per heavy atom. The fourth-order valence-corrected chi connectivity index (χ4v) is 3.32. The highest BCUT2D eigenvalue weighted by Gasteiger charge is 2.37. The molecule has 100 valence electrons. The molecule has 0 bridgehead atoms. The number of hydrogen-bond donors (Lipinski definition) is 2. The van der Waals surface area contributed by atoms with Crippen molar-refractivity contribution in [3.63, 3.8) is 0 Å². The maximum absolute atomic E-state index is 11.5. The van der Waals surface area contributed by atoms with Gasteiger partial charge < -0.3 is 5.32 Å². The summed E-state index contributed by atoms with van der Waals surface area (Å²) in [5, 5.41) is 14.0. The summed E-state index contributed by atoms with van der Waals surface area (Å²) in [6, 6.07) is 4.75. The highest BCUT2D eigenvalue weighted by molar-refractivity contribution is 5.44. The maximum Gasteiger partial charge on any atom is 0.364 e. The number of aromatic nitrogens is 4. The van der Waals surface area contributed by atoms with Gasteiger partial charge in [0.25, 0.3) is 0 Å². The summed E-state index contributed by atoms with van der Waals surface area (Å²) in [5.41, 5.74) is 0.247. The molecule has 0 saturated carbocycles. The van der Waals surface area contributed by atoms with E-state index in [4.69, 9.17) is 0 Å². The lowest BCUT2D eigenvalue weighted by Crippen LogP contribution is -2.34. The average molecular weight is 260 g/mol. The standard InChI is InChI=1S/C12H16N6O/c19-12-15-14-11-4-3-10(16-18(11)12)13-8-5-7-17-6-1-2-9(8)17/h3-4,8-9H,1-2,5-7H2,(H,13,16)(H,15,19). The summed E-state index contributed by atoms with van der Waals surface area (Å²) in [4.78, 5) is 14.0. The van der Waals surface area contributed by atoms with Crippen LogP contribution in [0.1, 0.15) is 19.3 Å². The van der Waals surface area contributed by atoms with E-state index >= 15 is 0 Å². The summed E-state index contributed by atoms with van der Waals surface area (Å²) in [6.45, 7) is 2.38. The summed E-state index contributed by atoms with van der Waals surface area (Å²) in [5.74, 6) is 0.745. The quantitative estimate of drug-likeness (QED) is 0.798. The fraction of sp³-hybridized carbons (Fsp3) is 0.583. The third-order valence-electron chi connectivity index (χ3n) is 4.21. The van der Waals surface area contributed by atoms with Crippen LogP contribution in [0.25, 0.3) is 5.65 Å². The third-order valence-corrected chi connectivity index (χ3v) is 4.21. The average Bonchev–Trinajstić information content (AvgIpc) is 3.09. The lowest BCUT2D eigenvalue weighted by Gasteiger charge is -2.21. The van der Waals surface area contributed by atoms with E-state index < -0.39 is 0 Å². The van der Waals surface area contributed by atoms with Gasteiger partial charge in [0.1, 0.15) is 5.82 Å². The van der Waals surface area contributed by atoms with Crippen molar-refractivity contribution in [3.8, 4) is 0 Å². The van der Waals surface area contributed by atoms with Crippen LogP contribution in [-0.4, -0.2) is 49.9 Å². The van der Waals surface area contributed by atoms with Crippen molar-refractivity contribution in [2.75, 3.05) is 18.4 Å². The molecule has 0 amide bonds. The monoisotopic (exact) mass is 260 g/mol. The first-order valence-electron chi connectivity index (χ1n) is 6.76. The molecule has 0 spiro atoms. The number of fused-ring (bicyclic) bond motifs is 2. The molecule has 4 rings (SSSR count). The van der Waals surface area contributed by atoms with Crippen molar-refractivity contribution >= 4 is 11.5 Å². The van der Waals surface area contributed by atoms with Crippen LogP contribution in [0.5, 0.6) is 0 Å². The normalized spacial score (nSPS) is 26.9. The number of hydrogen-bond acceptors (Lipinski definition) is 5. The van der Waals surface area contributed by atoms with Gasteiger partial charge in [0.05, 0.1) is 0 Å². The Morgan fingerprint density at radius 3 is 3.21 bits per heavy atom. The number of H-pyrrole nitrogens is 1. The van der Waals surface area contributed by atoms with Gasteiger partial charge in [0.15, 0.2) is 5.65 Å². The van der Waals surface area contributed by atoms with Crippen molar-refractivity contribution < 1.29 is 0 Å². The second kappa shape index (κ2) is 4.06. The Hall–Kier alpha value is -1.89. The van der Waals surface area contributed by atoms with Gasteiger partial charge in [-0.25, -0.2) is 9.89 Å². The van der Waals surface area contributed by atoms with E-state index in [1.807, 2.05) is 6.07 Å². The Balaban J connectivity index is 1.61. The number of nitrogens with one attached hydrogen (secondary N) is 2. The molecule has 2 unspecified atom stereocenters. The van der Waals surface area contributed by atoms with Crippen LogP contribution in [-0.2, 0) is 0 Å². The molecule has 2 fully saturated rings. The van der Waals surface area contributed by atoms with E-state index in [1.54, 1.807) is 6.07 Å². The Bertz CT molecular complexity index is 662. The maximum atomic E-state index is 11.5. The van der Waals surface area contributed by atoms with Gasteiger partial charge in [-0.15, -0.1) is 5.10 Å². The molecule has 19 heavy (non-hydrogen) atoms. The number of aromatic amines is 1. The van der Waals surface area contributed by atoms with Crippen molar-refractivity contribution in [1.82, 2.24) is 24.7 Å². The van der Waals surface area contributed by atoms with Crippen LogP contribution >= 0.6 is 0 Å². The molecule has 7 nitrogen and oxygen atoms in total. The van der Waals surface area contributed by atoms with Crippen molar-refractivity contribution in [1.29, 1.82) is 0 Å². The van der Waals surface area contributed by atoms with Crippen molar-refractivity contribution in [2.45, 2.75) is 31.3 Å². The Labute approximate surface area is 109 Å². The zero-order valence-corrected chi connectivity index (χ0v) is 10.5. The SMILES string of the molecule is O=c1[nH]nc2ccc(NC3CCN4CCCC34)nn12. The second-order valence-corrected chi connectivity index (χ2v) is 5.30. The van der Waals surface area contributed by atoms with Crippen LogP contribution in [0.4, 0.5) is 5.82 Å². The van der Waals surface area contributed by atoms with E-state index in [0.29, 0.717) is 17.7 Å². The zero-order chi connectivity index (χ0) is 12.8. The molecule has 0 radical (unpaired) electrons. The summed E-state index contributed by atoms with van der Waals surface area (Å²) in [6.07, 6.45) is 3.69. The summed E-state index contributed by atoms with van der Waals surface area (Å²) < 4.78 is 1.30. The second-order valence-electron chi connectivity index (χ2n) is 5.30. The highest BCUT2D eigenvalue weighted by Crippen LogP contribution is 2.29. The van der Waals surface area contributed by atoms with Gasteiger partial charge in [-0.3, -0.25) is 4.90 Å². The minimum absolute atomic E-state index is 0.299. The summed E-state index contributed by atoms with van der Waals surface area (Å²) in [7, 11) is 0. The first-order valence-corrected chi connectivity index (χ1v) is 6.76. The predicted octanol–water partition coefficient (Wildman–Crippen LogP) is 0.0662.